The average Bonchev–Trinajstić information content (AvgIpc) is 2.71. The third kappa shape index (κ3) is 2.54. The van der Waals surface area contributed by atoms with Crippen molar-refractivity contribution in [1.82, 2.24) is 15.2 Å². The van der Waals surface area contributed by atoms with E-state index in [0.29, 0.717) is 12.0 Å². The van der Waals surface area contributed by atoms with E-state index in [0.717, 1.165) is 4.90 Å². The van der Waals surface area contributed by atoms with Crippen LogP contribution in [0.2, 0.25) is 0 Å². The second-order valence-electron chi connectivity index (χ2n) is 4.70. The summed E-state index contributed by atoms with van der Waals surface area (Å²) in [6, 6.07) is 2.15. The summed E-state index contributed by atoms with van der Waals surface area (Å²) in [5.41, 5.74) is 0.853. The van der Waals surface area contributed by atoms with Crippen LogP contribution in [0.3, 0.4) is 0 Å². The van der Waals surface area contributed by atoms with Crippen LogP contribution in [-0.4, -0.2) is 47.0 Å². The number of aromatic nitrogens is 1. The lowest BCUT2D eigenvalue weighted by molar-refractivity contribution is -0.124. The number of rotatable bonds is 5. The summed E-state index contributed by atoms with van der Waals surface area (Å²) in [6.07, 6.45) is 0.822. The first kappa shape index (κ1) is 14.8. The molecule has 0 aliphatic carbocycles. The molecule has 7 heteroatoms. The quantitative estimate of drug-likeness (QED) is 0.611. The molecular formula is C14H15N3O4. The minimum absolute atomic E-state index is 0.0556. The van der Waals surface area contributed by atoms with Crippen LogP contribution in [-0.2, 0) is 9.59 Å². The van der Waals surface area contributed by atoms with E-state index in [2.05, 4.69) is 10.3 Å². The zero-order valence-corrected chi connectivity index (χ0v) is 11.8. The normalized spacial score (nSPS) is 14.9. The first-order valence-corrected chi connectivity index (χ1v) is 6.52. The second kappa shape index (κ2) is 5.82. The Kier molecular flexibility index (Phi) is 4.11. The van der Waals surface area contributed by atoms with Gasteiger partial charge in [0.15, 0.2) is 0 Å². The molecule has 1 aromatic rings. The highest BCUT2D eigenvalue weighted by atomic mass is 16.2. The molecule has 1 aromatic heterocycles. The summed E-state index contributed by atoms with van der Waals surface area (Å²) >= 11 is 0. The van der Waals surface area contributed by atoms with Crippen LogP contribution in [0.15, 0.2) is 12.1 Å². The molecular weight excluding hydrogens is 274 g/mol. The molecule has 2 heterocycles. The predicted molar refractivity (Wildman–Crippen MR) is 72.6 cm³/mol. The van der Waals surface area contributed by atoms with Crippen LogP contribution in [0.25, 0.3) is 0 Å². The topological polar surface area (TPSA) is 96.4 Å². The lowest BCUT2D eigenvalue weighted by Crippen LogP contribution is -2.48. The molecule has 110 valence electrons. The Morgan fingerprint density at radius 2 is 2.10 bits per heavy atom. The minimum Gasteiger partial charge on any atom is -0.357 e. The largest absolute Gasteiger partial charge is 0.357 e. The van der Waals surface area contributed by atoms with Gasteiger partial charge in [-0.2, -0.15) is 0 Å². The molecule has 0 saturated carbocycles. The fraction of sp³-hybridized carbons (Fsp3) is 0.357. The van der Waals surface area contributed by atoms with E-state index in [1.54, 1.807) is 13.0 Å². The third-order valence-electron chi connectivity index (χ3n) is 3.32. The van der Waals surface area contributed by atoms with E-state index in [1.807, 2.05) is 0 Å². The Labute approximate surface area is 121 Å². The Morgan fingerprint density at radius 3 is 2.71 bits per heavy atom. The lowest BCUT2D eigenvalue weighted by atomic mass is 10.1. The number of aryl methyl sites for hydroxylation is 1. The van der Waals surface area contributed by atoms with E-state index in [1.165, 1.54) is 13.1 Å². The Hall–Kier alpha value is -2.57. The number of carbonyl (C=O) groups is 4. The summed E-state index contributed by atoms with van der Waals surface area (Å²) in [5, 5.41) is 2.41. The number of likely N-dealkylation sites (N-methyl/N-ethyl adjacent to an activating group) is 1. The van der Waals surface area contributed by atoms with Gasteiger partial charge in [0.2, 0.25) is 5.91 Å². The molecule has 7 nitrogen and oxygen atoms in total. The predicted octanol–water partition coefficient (Wildman–Crippen LogP) is 0.0797. The number of carbonyl (C=O) groups excluding carboxylic acids is 4. The summed E-state index contributed by atoms with van der Waals surface area (Å²) in [6.45, 7) is 1.71. The number of hydrogen-bond donors (Lipinski definition) is 1. The van der Waals surface area contributed by atoms with Crippen LogP contribution < -0.4 is 5.32 Å². The van der Waals surface area contributed by atoms with Gasteiger partial charge in [-0.3, -0.25) is 19.3 Å². The van der Waals surface area contributed by atoms with Crippen LogP contribution in [0.1, 0.15) is 39.4 Å². The van der Waals surface area contributed by atoms with Crippen molar-refractivity contribution < 1.29 is 19.2 Å². The van der Waals surface area contributed by atoms with Gasteiger partial charge in [-0.05, 0) is 25.5 Å². The molecule has 21 heavy (non-hydrogen) atoms. The molecule has 1 N–H and O–H groups in total. The van der Waals surface area contributed by atoms with E-state index in [4.69, 9.17) is 0 Å². The number of hydrogen-bond acceptors (Lipinski definition) is 5. The van der Waals surface area contributed by atoms with Crippen molar-refractivity contribution in [2.75, 3.05) is 7.05 Å². The van der Waals surface area contributed by atoms with Gasteiger partial charge in [-0.25, -0.2) is 4.98 Å². The standard InChI is InChI=1S/C14H15N3O4/c1-8-5-6-9-11(16-8)14(21)17(13(9)20)10(4-3-7-18)12(19)15-2/h5-7,10H,3-4H2,1-2H3,(H,15,19). The minimum atomic E-state index is -1.00. The highest BCUT2D eigenvalue weighted by Gasteiger charge is 2.43. The SMILES string of the molecule is CNC(=O)C(CCC=O)N1C(=O)c2ccc(C)nc2C1=O. The lowest BCUT2D eigenvalue weighted by Gasteiger charge is -2.23. The number of nitrogens with zero attached hydrogens (tertiary/aromatic N) is 2. The number of amides is 3. The summed E-state index contributed by atoms with van der Waals surface area (Å²) in [5.74, 6) is -1.64. The molecule has 0 aromatic carbocycles. The number of imide groups is 1. The van der Waals surface area contributed by atoms with Gasteiger partial charge in [0.1, 0.15) is 18.0 Å². The van der Waals surface area contributed by atoms with Gasteiger partial charge in [0.25, 0.3) is 11.8 Å². The molecule has 0 saturated heterocycles. The number of pyridine rings is 1. The van der Waals surface area contributed by atoms with Crippen LogP contribution in [0.5, 0.6) is 0 Å². The molecule has 0 spiro atoms. The second-order valence-corrected chi connectivity index (χ2v) is 4.70. The Bertz CT molecular complexity index is 627. The van der Waals surface area contributed by atoms with Crippen molar-refractivity contribution in [1.29, 1.82) is 0 Å². The maximum absolute atomic E-state index is 12.4. The van der Waals surface area contributed by atoms with Crippen LogP contribution in [0, 0.1) is 6.92 Å². The smallest absolute Gasteiger partial charge is 0.280 e. The van der Waals surface area contributed by atoms with Gasteiger partial charge >= 0.3 is 0 Å². The first-order valence-electron chi connectivity index (χ1n) is 6.52. The number of fused-ring (bicyclic) bond motifs is 1. The highest BCUT2D eigenvalue weighted by molar-refractivity contribution is 6.22. The van der Waals surface area contributed by atoms with Crippen molar-refractivity contribution in [2.24, 2.45) is 0 Å². The average molecular weight is 289 g/mol. The maximum Gasteiger partial charge on any atom is 0.280 e. The van der Waals surface area contributed by atoms with Crippen molar-refractivity contribution in [3.8, 4) is 0 Å². The first-order chi connectivity index (χ1) is 10.0. The van der Waals surface area contributed by atoms with Crippen molar-refractivity contribution in [2.45, 2.75) is 25.8 Å². The zero-order valence-electron chi connectivity index (χ0n) is 11.8. The van der Waals surface area contributed by atoms with Crippen LogP contribution in [0.4, 0.5) is 0 Å². The van der Waals surface area contributed by atoms with E-state index in [9.17, 15) is 19.2 Å². The fourth-order valence-electron chi connectivity index (χ4n) is 2.28. The number of aldehydes is 1. The summed E-state index contributed by atoms with van der Waals surface area (Å²) in [7, 11) is 1.41. The van der Waals surface area contributed by atoms with Gasteiger partial charge in [-0.15, -0.1) is 0 Å². The number of nitrogens with one attached hydrogen (secondary N) is 1. The summed E-state index contributed by atoms with van der Waals surface area (Å²) < 4.78 is 0. The molecule has 1 atom stereocenters. The van der Waals surface area contributed by atoms with E-state index >= 15 is 0 Å². The molecule has 0 fully saturated rings. The Balaban J connectivity index is 2.39. The fourth-order valence-corrected chi connectivity index (χ4v) is 2.28. The van der Waals surface area contributed by atoms with E-state index < -0.39 is 23.8 Å². The van der Waals surface area contributed by atoms with Crippen molar-refractivity contribution in [3.05, 3.63) is 29.1 Å². The molecule has 1 unspecified atom stereocenters. The van der Waals surface area contributed by atoms with Crippen molar-refractivity contribution >= 4 is 24.0 Å². The maximum atomic E-state index is 12.4. The molecule has 0 bridgehead atoms. The van der Waals surface area contributed by atoms with Gasteiger partial charge < -0.3 is 10.1 Å². The monoisotopic (exact) mass is 289 g/mol. The Morgan fingerprint density at radius 1 is 1.38 bits per heavy atom. The zero-order chi connectivity index (χ0) is 15.6. The van der Waals surface area contributed by atoms with Crippen molar-refractivity contribution in [3.63, 3.8) is 0 Å². The van der Waals surface area contributed by atoms with Gasteiger partial charge in [0, 0.05) is 19.2 Å². The molecule has 2 rings (SSSR count). The molecule has 0 radical (unpaired) electrons. The highest BCUT2D eigenvalue weighted by Crippen LogP contribution is 2.25. The molecule has 1 aliphatic heterocycles. The van der Waals surface area contributed by atoms with Crippen LogP contribution >= 0.6 is 0 Å². The molecule has 3 amide bonds. The summed E-state index contributed by atoms with van der Waals surface area (Å²) in [4.78, 5) is 52.1. The van der Waals surface area contributed by atoms with E-state index in [-0.39, 0.29) is 24.1 Å². The van der Waals surface area contributed by atoms with Gasteiger partial charge in [0.05, 0.1) is 5.56 Å². The molecule has 1 aliphatic rings. The third-order valence-corrected chi connectivity index (χ3v) is 3.32. The van der Waals surface area contributed by atoms with Gasteiger partial charge in [-0.1, -0.05) is 0 Å².